The van der Waals surface area contributed by atoms with Crippen molar-refractivity contribution in [2.45, 2.75) is 41.5 Å². The molecule has 0 saturated carbocycles. The van der Waals surface area contributed by atoms with Gasteiger partial charge in [-0.15, -0.1) is 0 Å². The maximum absolute atomic E-state index is 8.83. The molecule has 6 aromatic rings. The van der Waals surface area contributed by atoms with E-state index in [1.165, 1.54) is 38.6 Å². The molecule has 0 fully saturated rings. The lowest BCUT2D eigenvalue weighted by molar-refractivity contribution is 0.425. The summed E-state index contributed by atoms with van der Waals surface area (Å²) >= 11 is 5.81. The molecule has 0 unspecified atom stereocenters. The minimum absolute atomic E-state index is 0.558. The van der Waals surface area contributed by atoms with E-state index in [1.807, 2.05) is 63.2 Å². The van der Waals surface area contributed by atoms with Crippen molar-refractivity contribution in [1.29, 1.82) is 0 Å². The molecule has 6 heteroatoms. The second-order valence-electron chi connectivity index (χ2n) is 10.8. The number of para-hydroxylation sites is 2. The summed E-state index contributed by atoms with van der Waals surface area (Å²) in [6.45, 7) is 12.3. The zero-order valence-corrected chi connectivity index (χ0v) is 25.7. The zero-order valence-electron chi connectivity index (χ0n) is 25.0. The van der Waals surface area contributed by atoms with E-state index in [9.17, 15) is 0 Å². The Morgan fingerprint density at radius 3 is 1.52 bits per heavy atom. The number of pyridine rings is 2. The fourth-order valence-electron chi connectivity index (χ4n) is 5.09. The first-order chi connectivity index (χ1) is 20.0. The van der Waals surface area contributed by atoms with E-state index < -0.39 is 7.12 Å². The molecule has 6 rings (SSSR count). The second-order valence-corrected chi connectivity index (χ2v) is 11.2. The first-order valence-corrected chi connectivity index (χ1v) is 14.3. The molecule has 0 amide bonds. The summed E-state index contributed by atoms with van der Waals surface area (Å²) in [5.41, 5.74) is 12.0. The number of fused-ring (bicyclic) bond motifs is 2. The Hall–Kier alpha value is -4.03. The van der Waals surface area contributed by atoms with Crippen molar-refractivity contribution < 1.29 is 10.0 Å². The van der Waals surface area contributed by atoms with Gasteiger partial charge in [-0.1, -0.05) is 94.5 Å². The van der Waals surface area contributed by atoms with Gasteiger partial charge in [-0.25, -0.2) is 9.97 Å². The maximum Gasteiger partial charge on any atom is 0.488 e. The van der Waals surface area contributed by atoms with Crippen LogP contribution < -0.4 is 5.46 Å². The number of hydrogen-bond acceptors (Lipinski definition) is 4. The quantitative estimate of drug-likeness (QED) is 0.162. The van der Waals surface area contributed by atoms with E-state index in [2.05, 4.69) is 68.2 Å². The Balaban J connectivity index is 0.000000153. The van der Waals surface area contributed by atoms with Gasteiger partial charge in [0.05, 0.1) is 16.7 Å². The average Bonchev–Trinajstić information content (AvgIpc) is 2.93. The van der Waals surface area contributed by atoms with E-state index >= 15 is 0 Å². The van der Waals surface area contributed by atoms with Crippen molar-refractivity contribution in [3.8, 4) is 11.3 Å². The van der Waals surface area contributed by atoms with E-state index in [4.69, 9.17) is 26.6 Å². The van der Waals surface area contributed by atoms with Crippen LogP contribution in [0.1, 0.15) is 33.4 Å². The summed E-state index contributed by atoms with van der Waals surface area (Å²) in [4.78, 5) is 8.99. The summed E-state index contributed by atoms with van der Waals surface area (Å²) < 4.78 is 0. The normalized spacial score (nSPS) is 10.5. The Morgan fingerprint density at radius 2 is 1.00 bits per heavy atom. The molecule has 2 N–H and O–H groups in total. The smallest absolute Gasteiger partial charge is 0.423 e. The number of halogens is 1. The zero-order chi connectivity index (χ0) is 30.4. The van der Waals surface area contributed by atoms with Crippen LogP contribution in [0.2, 0.25) is 5.15 Å². The molecule has 2 aromatic heterocycles. The average molecular weight is 575 g/mol. The maximum atomic E-state index is 8.83. The highest BCUT2D eigenvalue weighted by atomic mass is 35.5. The van der Waals surface area contributed by atoms with Crippen molar-refractivity contribution in [2.75, 3.05) is 0 Å². The van der Waals surface area contributed by atoms with Crippen LogP contribution in [0.5, 0.6) is 0 Å². The van der Waals surface area contributed by atoms with Gasteiger partial charge in [0.2, 0.25) is 0 Å². The Bertz CT molecular complexity index is 1810. The molecule has 0 atom stereocenters. The molecule has 0 aliphatic rings. The number of hydrogen-bond donors (Lipinski definition) is 2. The van der Waals surface area contributed by atoms with Crippen LogP contribution in [0.3, 0.4) is 0 Å². The van der Waals surface area contributed by atoms with Gasteiger partial charge >= 0.3 is 7.12 Å². The lowest BCUT2D eigenvalue weighted by Crippen LogP contribution is -2.30. The largest absolute Gasteiger partial charge is 0.488 e. The minimum atomic E-state index is -1.35. The number of nitrogens with zero attached hydrogens (tertiary/aromatic N) is 2. The van der Waals surface area contributed by atoms with E-state index in [0.717, 1.165) is 27.9 Å². The van der Waals surface area contributed by atoms with Gasteiger partial charge in [0, 0.05) is 16.3 Å². The Morgan fingerprint density at radius 1 is 0.548 bits per heavy atom. The third-order valence-corrected chi connectivity index (χ3v) is 7.07. The number of aromatic nitrogens is 2. The predicted molar refractivity (Wildman–Crippen MR) is 179 cm³/mol. The molecule has 4 aromatic carbocycles. The highest BCUT2D eigenvalue weighted by Gasteiger charge is 2.10. The predicted octanol–water partition coefficient (Wildman–Crippen LogP) is 8.01. The van der Waals surface area contributed by atoms with Crippen LogP contribution in [-0.2, 0) is 0 Å². The van der Waals surface area contributed by atoms with Gasteiger partial charge in [-0.2, -0.15) is 0 Å². The molecule has 2 heterocycles. The molecule has 0 aliphatic carbocycles. The number of aryl methyl sites for hydroxylation is 6. The van der Waals surface area contributed by atoms with Crippen molar-refractivity contribution in [2.24, 2.45) is 0 Å². The standard InChI is InChI=1S/C18H17N.C10H8ClN.C8H11BO2/c1-12-8-13(2)10-15(9-12)18-11-14(3)16-6-4-5-7-17(16)19-18;1-7-6-10(11)12-9-5-3-2-4-8(7)9;1-6-3-7(2)5-8(4-6)9(10)11/h4-11H,1-3H3;2-6H,1H3;3-5,10-11H,1-2H3. The molecule has 0 radical (unpaired) electrons. The van der Waals surface area contributed by atoms with E-state index in [-0.39, 0.29) is 0 Å². The first kappa shape index (κ1) is 30.9. The van der Waals surface area contributed by atoms with Crippen molar-refractivity contribution >= 4 is 46.0 Å². The van der Waals surface area contributed by atoms with Crippen LogP contribution in [0.15, 0.2) is 97.1 Å². The Kier molecular flexibility index (Phi) is 10.1. The van der Waals surface area contributed by atoms with Crippen LogP contribution >= 0.6 is 11.6 Å². The highest BCUT2D eigenvalue weighted by molar-refractivity contribution is 6.58. The fraction of sp³-hybridized carbons (Fsp3) is 0.167. The van der Waals surface area contributed by atoms with Gasteiger partial charge in [-0.3, -0.25) is 0 Å². The number of benzene rings is 4. The summed E-state index contributed by atoms with van der Waals surface area (Å²) in [5.74, 6) is 0. The van der Waals surface area contributed by atoms with Gasteiger partial charge in [0.1, 0.15) is 5.15 Å². The van der Waals surface area contributed by atoms with Crippen molar-refractivity contribution in [3.05, 3.63) is 136 Å². The molecular weight excluding hydrogens is 539 g/mol. The number of rotatable bonds is 2. The van der Waals surface area contributed by atoms with Crippen molar-refractivity contribution in [1.82, 2.24) is 9.97 Å². The van der Waals surface area contributed by atoms with Crippen LogP contribution in [-0.4, -0.2) is 27.1 Å². The molecule has 4 nitrogen and oxygen atoms in total. The van der Waals surface area contributed by atoms with Gasteiger partial charge in [-0.05, 0) is 94.5 Å². The second kappa shape index (κ2) is 13.8. The minimum Gasteiger partial charge on any atom is -0.423 e. The molecule has 0 spiro atoms. The van der Waals surface area contributed by atoms with Crippen LogP contribution in [0.4, 0.5) is 0 Å². The van der Waals surface area contributed by atoms with Gasteiger partial charge in [0.25, 0.3) is 0 Å². The molecular formula is C36H36BClN2O2. The van der Waals surface area contributed by atoms with Gasteiger partial charge < -0.3 is 10.0 Å². The lowest BCUT2D eigenvalue weighted by atomic mass is 9.79. The Labute approximate surface area is 253 Å². The summed E-state index contributed by atoms with van der Waals surface area (Å²) in [5, 5.41) is 20.6. The SMILES string of the molecule is Cc1cc(C)cc(-c2cc(C)c3ccccc3n2)c1.Cc1cc(C)cc(B(O)O)c1.Cc1cc(Cl)nc2ccccc12. The molecule has 0 aliphatic heterocycles. The lowest BCUT2D eigenvalue weighted by Gasteiger charge is -2.08. The van der Waals surface area contributed by atoms with E-state index in [1.54, 1.807) is 12.1 Å². The third kappa shape index (κ3) is 8.04. The molecule has 0 saturated heterocycles. The first-order valence-electron chi connectivity index (χ1n) is 13.9. The topological polar surface area (TPSA) is 66.2 Å². The third-order valence-electron chi connectivity index (χ3n) is 6.87. The molecule has 212 valence electrons. The monoisotopic (exact) mass is 574 g/mol. The summed E-state index contributed by atoms with van der Waals surface area (Å²) in [7, 11) is -1.35. The van der Waals surface area contributed by atoms with Crippen LogP contribution in [0, 0.1) is 41.5 Å². The molecule has 0 bridgehead atoms. The molecule has 42 heavy (non-hydrogen) atoms. The van der Waals surface area contributed by atoms with Gasteiger partial charge in [0.15, 0.2) is 0 Å². The summed E-state index contributed by atoms with van der Waals surface area (Å²) in [6.07, 6.45) is 0. The highest BCUT2D eigenvalue weighted by Crippen LogP contribution is 2.26. The summed E-state index contributed by atoms with van der Waals surface area (Å²) in [6, 6.07) is 32.5. The fourth-order valence-corrected chi connectivity index (χ4v) is 5.34. The van der Waals surface area contributed by atoms with Crippen LogP contribution in [0.25, 0.3) is 33.1 Å². The van der Waals surface area contributed by atoms with Crippen molar-refractivity contribution in [3.63, 3.8) is 0 Å². The van der Waals surface area contributed by atoms with E-state index in [0.29, 0.717) is 10.6 Å².